The number of carbonyl (C=O) groups is 1. The Morgan fingerprint density at radius 1 is 1.33 bits per heavy atom. The summed E-state index contributed by atoms with van der Waals surface area (Å²) in [5.41, 5.74) is 1.30. The van der Waals surface area contributed by atoms with Gasteiger partial charge in [-0.2, -0.15) is 0 Å². The Hall–Kier alpha value is -1.55. The van der Waals surface area contributed by atoms with Crippen LogP contribution in [0.15, 0.2) is 24.3 Å². The molecule has 1 aliphatic rings. The minimum atomic E-state index is -0.715. The van der Waals surface area contributed by atoms with Crippen LogP contribution in [0.4, 0.5) is 0 Å². The fourth-order valence-corrected chi connectivity index (χ4v) is 2.90. The lowest BCUT2D eigenvalue weighted by Crippen LogP contribution is -2.34. The van der Waals surface area contributed by atoms with Crippen LogP contribution in [0.1, 0.15) is 44.6 Å². The molecule has 1 aromatic carbocycles. The number of para-hydroxylation sites is 1. The molecule has 0 spiro atoms. The van der Waals surface area contributed by atoms with E-state index in [2.05, 4.69) is 17.0 Å². The summed E-state index contributed by atoms with van der Waals surface area (Å²) in [4.78, 5) is 12.9. The smallest absolute Gasteiger partial charge is 0.304 e. The normalized spacial score (nSPS) is 17.1. The Kier molecular flexibility index (Phi) is 5.62. The summed E-state index contributed by atoms with van der Waals surface area (Å²) < 4.78 is 5.91. The topological polar surface area (TPSA) is 49.8 Å². The number of aliphatic carboxylic acids is 1. The molecule has 1 heterocycles. The van der Waals surface area contributed by atoms with Crippen molar-refractivity contribution in [2.75, 3.05) is 19.6 Å². The average molecular weight is 291 g/mol. The van der Waals surface area contributed by atoms with E-state index < -0.39 is 5.97 Å². The van der Waals surface area contributed by atoms with E-state index >= 15 is 0 Å². The van der Waals surface area contributed by atoms with Crippen molar-refractivity contribution in [2.45, 2.75) is 45.1 Å². The van der Waals surface area contributed by atoms with E-state index in [0.29, 0.717) is 12.5 Å². The highest BCUT2D eigenvalue weighted by Gasteiger charge is 2.23. The first-order valence-electron chi connectivity index (χ1n) is 7.76. The average Bonchev–Trinajstić information content (AvgIpc) is 2.46. The first kappa shape index (κ1) is 15.8. The Morgan fingerprint density at radius 2 is 2.00 bits per heavy atom. The number of rotatable bonds is 6. The van der Waals surface area contributed by atoms with Gasteiger partial charge < -0.3 is 14.7 Å². The van der Waals surface area contributed by atoms with Gasteiger partial charge in [0.2, 0.25) is 0 Å². The van der Waals surface area contributed by atoms with Crippen LogP contribution < -0.4 is 4.74 Å². The predicted molar refractivity (Wildman–Crippen MR) is 82.9 cm³/mol. The van der Waals surface area contributed by atoms with Gasteiger partial charge in [0.15, 0.2) is 0 Å². The van der Waals surface area contributed by atoms with Gasteiger partial charge in [-0.05, 0) is 57.3 Å². The maximum atomic E-state index is 10.6. The lowest BCUT2D eigenvalue weighted by Gasteiger charge is -2.32. The van der Waals surface area contributed by atoms with Crippen LogP contribution in [0.25, 0.3) is 0 Å². The second-order valence-electron chi connectivity index (χ2n) is 5.96. The van der Waals surface area contributed by atoms with Gasteiger partial charge in [-0.15, -0.1) is 0 Å². The fourth-order valence-electron chi connectivity index (χ4n) is 2.90. The van der Waals surface area contributed by atoms with Gasteiger partial charge in [-0.25, -0.2) is 0 Å². The molecule has 21 heavy (non-hydrogen) atoms. The molecule has 0 bridgehead atoms. The quantitative estimate of drug-likeness (QED) is 0.875. The van der Waals surface area contributed by atoms with E-state index in [1.54, 1.807) is 0 Å². The van der Waals surface area contributed by atoms with Crippen molar-refractivity contribution in [2.24, 2.45) is 0 Å². The molecule has 0 unspecified atom stereocenters. The lowest BCUT2D eigenvalue weighted by atomic mass is 9.88. The predicted octanol–water partition coefficient (Wildman–Crippen LogP) is 3.13. The number of hydrogen-bond acceptors (Lipinski definition) is 3. The lowest BCUT2D eigenvalue weighted by molar-refractivity contribution is -0.137. The third-order valence-electron chi connectivity index (χ3n) is 3.95. The van der Waals surface area contributed by atoms with Gasteiger partial charge in [0.1, 0.15) is 5.75 Å². The van der Waals surface area contributed by atoms with Crippen LogP contribution in [0.3, 0.4) is 0 Å². The minimum absolute atomic E-state index is 0.182. The van der Waals surface area contributed by atoms with Crippen LogP contribution in [0, 0.1) is 0 Å². The van der Waals surface area contributed by atoms with Gasteiger partial charge in [0.05, 0.1) is 12.5 Å². The van der Waals surface area contributed by atoms with Gasteiger partial charge >= 0.3 is 5.97 Å². The molecule has 0 aliphatic carbocycles. The van der Waals surface area contributed by atoms with Crippen molar-refractivity contribution < 1.29 is 14.6 Å². The number of hydrogen-bond donors (Lipinski definition) is 1. The van der Waals surface area contributed by atoms with E-state index in [0.717, 1.165) is 31.7 Å². The molecule has 0 atom stereocenters. The van der Waals surface area contributed by atoms with Gasteiger partial charge in [0, 0.05) is 6.54 Å². The van der Waals surface area contributed by atoms with Crippen molar-refractivity contribution >= 4 is 5.97 Å². The second-order valence-corrected chi connectivity index (χ2v) is 5.96. The number of likely N-dealkylation sites (tertiary alicyclic amines) is 1. The zero-order valence-corrected chi connectivity index (χ0v) is 12.9. The Labute approximate surface area is 126 Å². The van der Waals surface area contributed by atoms with Crippen molar-refractivity contribution in [1.82, 2.24) is 4.90 Å². The summed E-state index contributed by atoms with van der Waals surface area (Å²) in [6.07, 6.45) is 2.55. The fraction of sp³-hybridized carbons (Fsp3) is 0.588. The Bertz CT molecular complexity index is 465. The SMILES string of the molecule is CC(C)Oc1ccccc1C1CCN(CCC(=O)O)CC1. The number of ether oxygens (including phenoxy) is 1. The van der Waals surface area contributed by atoms with Crippen molar-refractivity contribution in [3.05, 3.63) is 29.8 Å². The highest BCUT2D eigenvalue weighted by atomic mass is 16.5. The highest BCUT2D eigenvalue weighted by molar-refractivity contribution is 5.66. The Morgan fingerprint density at radius 3 is 2.62 bits per heavy atom. The van der Waals surface area contributed by atoms with E-state index in [9.17, 15) is 4.79 Å². The van der Waals surface area contributed by atoms with Crippen LogP contribution in [0.2, 0.25) is 0 Å². The van der Waals surface area contributed by atoms with Crippen LogP contribution in [0.5, 0.6) is 5.75 Å². The Balaban J connectivity index is 1.94. The van der Waals surface area contributed by atoms with E-state index in [1.807, 2.05) is 26.0 Å². The molecular formula is C17H25NO3. The number of carboxylic acids is 1. The van der Waals surface area contributed by atoms with E-state index in [4.69, 9.17) is 9.84 Å². The number of benzene rings is 1. The molecule has 116 valence electrons. The zero-order valence-electron chi connectivity index (χ0n) is 12.9. The molecule has 1 fully saturated rings. The molecule has 1 N–H and O–H groups in total. The number of carboxylic acid groups (broad SMARTS) is 1. The summed E-state index contributed by atoms with van der Waals surface area (Å²) in [7, 11) is 0. The molecule has 2 rings (SSSR count). The van der Waals surface area contributed by atoms with Crippen molar-refractivity contribution in [1.29, 1.82) is 0 Å². The largest absolute Gasteiger partial charge is 0.491 e. The maximum absolute atomic E-state index is 10.6. The highest BCUT2D eigenvalue weighted by Crippen LogP contribution is 2.34. The molecular weight excluding hydrogens is 266 g/mol. The molecule has 1 aliphatic heterocycles. The van der Waals surface area contributed by atoms with Crippen LogP contribution >= 0.6 is 0 Å². The third kappa shape index (κ3) is 4.74. The summed E-state index contributed by atoms with van der Waals surface area (Å²) in [5, 5.41) is 8.75. The minimum Gasteiger partial charge on any atom is -0.491 e. The van der Waals surface area contributed by atoms with Gasteiger partial charge in [0.25, 0.3) is 0 Å². The summed E-state index contributed by atoms with van der Waals surface area (Å²) in [6.45, 7) is 6.69. The molecule has 1 saturated heterocycles. The molecule has 1 aromatic rings. The molecule has 4 nitrogen and oxygen atoms in total. The molecule has 4 heteroatoms. The summed E-state index contributed by atoms with van der Waals surface area (Å²) in [5.74, 6) is 0.797. The maximum Gasteiger partial charge on any atom is 0.304 e. The standard InChI is InChI=1S/C17H25NO3/c1-13(2)21-16-6-4-3-5-15(16)14-7-10-18(11-8-14)12-9-17(19)20/h3-6,13-14H,7-12H2,1-2H3,(H,19,20). The first-order chi connectivity index (χ1) is 10.1. The van der Waals surface area contributed by atoms with Crippen LogP contribution in [-0.2, 0) is 4.79 Å². The molecule has 0 amide bonds. The molecule has 0 aromatic heterocycles. The van der Waals surface area contributed by atoms with Gasteiger partial charge in [-0.3, -0.25) is 4.79 Å². The summed E-state index contributed by atoms with van der Waals surface area (Å²) in [6, 6.07) is 8.30. The zero-order chi connectivity index (χ0) is 15.2. The summed E-state index contributed by atoms with van der Waals surface area (Å²) >= 11 is 0. The van der Waals surface area contributed by atoms with Crippen LogP contribution in [-0.4, -0.2) is 41.7 Å². The van der Waals surface area contributed by atoms with Gasteiger partial charge in [-0.1, -0.05) is 18.2 Å². The molecule has 0 saturated carbocycles. The first-order valence-corrected chi connectivity index (χ1v) is 7.76. The monoisotopic (exact) mass is 291 g/mol. The van der Waals surface area contributed by atoms with Crippen molar-refractivity contribution in [3.63, 3.8) is 0 Å². The number of nitrogens with zero attached hydrogens (tertiary/aromatic N) is 1. The second kappa shape index (κ2) is 7.46. The van der Waals surface area contributed by atoms with E-state index in [1.165, 1.54) is 5.56 Å². The third-order valence-corrected chi connectivity index (χ3v) is 3.95. The van der Waals surface area contributed by atoms with Crippen molar-refractivity contribution in [3.8, 4) is 5.75 Å². The molecule has 0 radical (unpaired) electrons. The van der Waals surface area contributed by atoms with E-state index in [-0.39, 0.29) is 12.5 Å². The number of piperidine rings is 1.